The number of rotatable bonds is 2. The van der Waals surface area contributed by atoms with Crippen molar-refractivity contribution in [2.24, 2.45) is 0 Å². The molecule has 2 heterocycles. The van der Waals surface area contributed by atoms with Gasteiger partial charge >= 0.3 is 12.4 Å². The molecule has 0 aliphatic rings. The van der Waals surface area contributed by atoms with Crippen LogP contribution in [0.3, 0.4) is 0 Å². The number of hydrogen-bond donors (Lipinski definition) is 1. The van der Waals surface area contributed by atoms with Crippen LogP contribution in [0, 0.1) is 12.7 Å². The minimum Gasteiger partial charge on any atom is -0.335 e. The first-order valence-corrected chi connectivity index (χ1v) is 8.95. The van der Waals surface area contributed by atoms with Gasteiger partial charge in [0.25, 0.3) is 0 Å². The standard InChI is InChI=1S/C21H13F7N2O/c1-10-17(11-2-4-12(22)5-3-11)19-15(30(10)9-20(23,24)25)7-6-14-18(19)13(21(26,27)28)8-16(31)29-14/h2-8H,9H2,1H3,(H,29,31). The molecule has 0 saturated carbocycles. The molecule has 10 heteroatoms. The summed E-state index contributed by atoms with van der Waals surface area (Å²) >= 11 is 0. The molecule has 2 aromatic heterocycles. The van der Waals surface area contributed by atoms with E-state index in [1.807, 2.05) is 0 Å². The number of benzene rings is 2. The molecule has 2 aromatic carbocycles. The van der Waals surface area contributed by atoms with E-state index in [2.05, 4.69) is 4.98 Å². The maximum absolute atomic E-state index is 13.8. The lowest BCUT2D eigenvalue weighted by Crippen LogP contribution is -2.18. The number of H-pyrrole nitrogens is 1. The summed E-state index contributed by atoms with van der Waals surface area (Å²) < 4.78 is 95.5. The van der Waals surface area contributed by atoms with Gasteiger partial charge in [0.15, 0.2) is 0 Å². The van der Waals surface area contributed by atoms with E-state index in [4.69, 9.17) is 0 Å². The topological polar surface area (TPSA) is 37.8 Å². The average molecular weight is 442 g/mol. The Balaban J connectivity index is 2.25. The first-order valence-electron chi connectivity index (χ1n) is 8.95. The number of aromatic amines is 1. The first kappa shape index (κ1) is 21.0. The van der Waals surface area contributed by atoms with E-state index < -0.39 is 41.2 Å². The van der Waals surface area contributed by atoms with Gasteiger partial charge in [-0.25, -0.2) is 4.39 Å². The SMILES string of the molecule is Cc1c(-c2ccc(F)cc2)c2c3c(C(F)(F)F)cc(=O)[nH]c3ccc2n1CC(F)(F)F. The number of halogens is 7. The van der Waals surface area contributed by atoms with E-state index in [-0.39, 0.29) is 33.2 Å². The fourth-order valence-corrected chi connectivity index (χ4v) is 3.90. The van der Waals surface area contributed by atoms with Gasteiger partial charge in [-0.05, 0) is 36.8 Å². The summed E-state index contributed by atoms with van der Waals surface area (Å²) in [5, 5.41) is -0.526. The molecule has 31 heavy (non-hydrogen) atoms. The van der Waals surface area contributed by atoms with E-state index in [1.165, 1.54) is 25.1 Å². The van der Waals surface area contributed by atoms with Crippen molar-refractivity contribution in [2.75, 3.05) is 0 Å². The van der Waals surface area contributed by atoms with Crippen LogP contribution >= 0.6 is 0 Å². The number of aromatic nitrogens is 2. The second-order valence-corrected chi connectivity index (χ2v) is 7.10. The highest BCUT2D eigenvalue weighted by Crippen LogP contribution is 2.43. The van der Waals surface area contributed by atoms with E-state index in [0.717, 1.165) is 22.8 Å². The number of nitrogens with one attached hydrogen (secondary N) is 1. The smallest absolute Gasteiger partial charge is 0.335 e. The Bertz CT molecular complexity index is 1360. The Morgan fingerprint density at radius 3 is 2.16 bits per heavy atom. The molecule has 4 rings (SSSR count). The fraction of sp³-hybridized carbons (Fsp3) is 0.190. The Labute approximate surface area is 169 Å². The molecule has 0 amide bonds. The average Bonchev–Trinajstić information content (AvgIpc) is 2.91. The van der Waals surface area contributed by atoms with Gasteiger partial charge in [0.1, 0.15) is 12.4 Å². The van der Waals surface area contributed by atoms with Crippen molar-refractivity contribution in [1.82, 2.24) is 9.55 Å². The van der Waals surface area contributed by atoms with Crippen LogP contribution < -0.4 is 5.56 Å². The number of fused-ring (bicyclic) bond motifs is 3. The molecule has 0 unspecified atom stereocenters. The zero-order valence-corrected chi connectivity index (χ0v) is 15.7. The van der Waals surface area contributed by atoms with Crippen molar-refractivity contribution >= 4 is 21.8 Å². The summed E-state index contributed by atoms with van der Waals surface area (Å²) in [6.07, 6.45) is -9.56. The molecular weight excluding hydrogens is 429 g/mol. The highest BCUT2D eigenvalue weighted by Gasteiger charge is 2.36. The predicted molar refractivity (Wildman–Crippen MR) is 101 cm³/mol. The van der Waals surface area contributed by atoms with Gasteiger partial charge in [-0.1, -0.05) is 12.1 Å². The van der Waals surface area contributed by atoms with Crippen LogP contribution in [-0.2, 0) is 12.7 Å². The molecule has 0 atom stereocenters. The van der Waals surface area contributed by atoms with Crippen LogP contribution in [-0.4, -0.2) is 15.7 Å². The highest BCUT2D eigenvalue weighted by molar-refractivity contribution is 6.15. The first-order chi connectivity index (χ1) is 14.4. The van der Waals surface area contributed by atoms with Crippen LogP contribution in [0.1, 0.15) is 11.3 Å². The molecule has 3 nitrogen and oxygen atoms in total. The maximum atomic E-state index is 13.8. The molecular formula is C21H13F7N2O. The lowest BCUT2D eigenvalue weighted by Gasteiger charge is -2.13. The zero-order chi connectivity index (χ0) is 22.7. The molecule has 0 bridgehead atoms. The molecule has 4 aromatic rings. The zero-order valence-electron chi connectivity index (χ0n) is 15.7. The third kappa shape index (κ3) is 3.66. The van der Waals surface area contributed by atoms with Gasteiger partial charge in [0, 0.05) is 39.1 Å². The summed E-state index contributed by atoms with van der Waals surface area (Å²) in [6.45, 7) is -0.0675. The van der Waals surface area contributed by atoms with Crippen LogP contribution in [0.25, 0.3) is 32.9 Å². The van der Waals surface area contributed by atoms with E-state index >= 15 is 0 Å². The molecule has 0 saturated heterocycles. The van der Waals surface area contributed by atoms with Gasteiger partial charge < -0.3 is 9.55 Å². The summed E-state index contributed by atoms with van der Waals surface area (Å²) in [4.78, 5) is 14.1. The number of pyridine rings is 1. The largest absolute Gasteiger partial charge is 0.417 e. The van der Waals surface area contributed by atoms with Gasteiger partial charge in [-0.15, -0.1) is 0 Å². The van der Waals surface area contributed by atoms with Gasteiger partial charge in [-0.2, -0.15) is 26.3 Å². The second-order valence-electron chi connectivity index (χ2n) is 7.10. The fourth-order valence-electron chi connectivity index (χ4n) is 3.90. The van der Waals surface area contributed by atoms with Crippen molar-refractivity contribution in [2.45, 2.75) is 25.8 Å². The predicted octanol–water partition coefficient (Wildman–Crippen LogP) is 6.18. The summed E-state index contributed by atoms with van der Waals surface area (Å²) in [5.74, 6) is -0.606. The molecule has 0 aliphatic carbocycles. The number of hydrogen-bond acceptors (Lipinski definition) is 1. The molecule has 1 N–H and O–H groups in total. The van der Waals surface area contributed by atoms with Crippen LogP contribution in [0.15, 0.2) is 47.3 Å². The van der Waals surface area contributed by atoms with Crippen LogP contribution in [0.4, 0.5) is 30.7 Å². The van der Waals surface area contributed by atoms with E-state index in [9.17, 15) is 35.5 Å². The Kier molecular flexibility index (Phi) is 4.64. The van der Waals surface area contributed by atoms with Crippen LogP contribution in [0.2, 0.25) is 0 Å². The lowest BCUT2D eigenvalue weighted by atomic mass is 9.96. The van der Waals surface area contributed by atoms with Gasteiger partial charge in [0.05, 0.1) is 5.56 Å². The van der Waals surface area contributed by atoms with Crippen molar-refractivity contribution < 1.29 is 30.7 Å². The summed E-state index contributed by atoms with van der Waals surface area (Å²) in [6, 6.07) is 7.47. The molecule has 0 fully saturated rings. The van der Waals surface area contributed by atoms with Gasteiger partial charge in [0.2, 0.25) is 5.56 Å². The van der Waals surface area contributed by atoms with Crippen molar-refractivity contribution in [3.05, 3.63) is 69.9 Å². The van der Waals surface area contributed by atoms with Gasteiger partial charge in [-0.3, -0.25) is 4.79 Å². The number of alkyl halides is 6. The lowest BCUT2D eigenvalue weighted by molar-refractivity contribution is -0.140. The van der Waals surface area contributed by atoms with E-state index in [1.54, 1.807) is 0 Å². The molecule has 0 radical (unpaired) electrons. The molecule has 0 spiro atoms. The third-order valence-electron chi connectivity index (χ3n) is 5.07. The molecule has 0 aliphatic heterocycles. The van der Waals surface area contributed by atoms with Crippen molar-refractivity contribution in [1.29, 1.82) is 0 Å². The third-order valence-corrected chi connectivity index (χ3v) is 5.07. The Hall–Kier alpha value is -3.30. The highest BCUT2D eigenvalue weighted by atomic mass is 19.4. The Morgan fingerprint density at radius 2 is 1.58 bits per heavy atom. The quantitative estimate of drug-likeness (QED) is 0.370. The van der Waals surface area contributed by atoms with Crippen molar-refractivity contribution in [3.63, 3.8) is 0 Å². The monoisotopic (exact) mass is 442 g/mol. The van der Waals surface area contributed by atoms with E-state index in [0.29, 0.717) is 6.07 Å². The Morgan fingerprint density at radius 1 is 0.935 bits per heavy atom. The van der Waals surface area contributed by atoms with Crippen LogP contribution in [0.5, 0.6) is 0 Å². The summed E-state index contributed by atoms with van der Waals surface area (Å²) in [5.41, 5.74) is -2.10. The normalized spacial score (nSPS) is 12.8. The minimum atomic E-state index is -4.93. The second kappa shape index (κ2) is 6.86. The minimum absolute atomic E-state index is 0.0609. The number of nitrogens with zero attached hydrogens (tertiary/aromatic N) is 1. The summed E-state index contributed by atoms with van der Waals surface area (Å²) in [7, 11) is 0. The molecule has 162 valence electrons. The maximum Gasteiger partial charge on any atom is 0.417 e. The van der Waals surface area contributed by atoms with Crippen molar-refractivity contribution in [3.8, 4) is 11.1 Å².